The molecule has 0 aliphatic carbocycles. The molecule has 0 aliphatic heterocycles. The van der Waals surface area contributed by atoms with Gasteiger partial charge in [0.2, 0.25) is 0 Å². The number of hydrogen-bond acceptors (Lipinski definition) is 3. The zero-order chi connectivity index (χ0) is 21.1. The highest BCUT2D eigenvalue weighted by Gasteiger charge is 2.32. The predicted molar refractivity (Wildman–Crippen MR) is 125 cm³/mol. The largest absolute Gasteiger partial charge is 0.570 e. The maximum absolute atomic E-state index is 4.79. The summed E-state index contributed by atoms with van der Waals surface area (Å²) >= 11 is 0. The predicted octanol–water partition coefficient (Wildman–Crippen LogP) is 4.59. The summed E-state index contributed by atoms with van der Waals surface area (Å²) in [6, 6.07) is 19.2. The molecule has 0 amide bonds. The number of nitrogens with zero attached hydrogens (tertiary/aromatic N) is 6. The molecular weight excluding hydrogens is 383 g/mol. The first kappa shape index (κ1) is 17.9. The summed E-state index contributed by atoms with van der Waals surface area (Å²) in [5, 5.41) is 17.7. The van der Waals surface area contributed by atoms with Gasteiger partial charge >= 0.3 is 7.12 Å². The first-order valence-electron chi connectivity index (χ1n) is 10.4. The van der Waals surface area contributed by atoms with Crippen molar-refractivity contribution in [2.24, 2.45) is 0 Å². The molecule has 0 unspecified atom stereocenters. The number of fused-ring (bicyclic) bond motifs is 3. The second-order valence-electron chi connectivity index (χ2n) is 8.30. The van der Waals surface area contributed by atoms with Gasteiger partial charge in [-0.05, 0) is 57.2 Å². The van der Waals surface area contributed by atoms with Crippen molar-refractivity contribution in [2.75, 3.05) is 0 Å². The number of aromatic nitrogens is 6. The highest BCUT2D eigenvalue weighted by Crippen LogP contribution is 2.23. The van der Waals surface area contributed by atoms with Crippen molar-refractivity contribution in [2.45, 2.75) is 20.8 Å². The third-order valence-electron chi connectivity index (χ3n) is 5.91. The minimum Gasteiger partial charge on any atom is -0.261 e. The van der Waals surface area contributed by atoms with E-state index in [1.54, 1.807) is 0 Å². The lowest BCUT2D eigenvalue weighted by Crippen LogP contribution is -2.43. The number of rotatable bonds is 3. The van der Waals surface area contributed by atoms with E-state index in [-0.39, 0.29) is 7.12 Å². The molecule has 0 spiro atoms. The quantitative estimate of drug-likeness (QED) is 0.406. The molecule has 0 saturated heterocycles. The fraction of sp³-hybridized carbons (Fsp3) is 0.125. The van der Waals surface area contributed by atoms with E-state index in [1.165, 1.54) is 16.7 Å². The van der Waals surface area contributed by atoms with Crippen LogP contribution in [0, 0.1) is 20.8 Å². The zero-order valence-corrected chi connectivity index (χ0v) is 17.7. The van der Waals surface area contributed by atoms with Gasteiger partial charge in [0.25, 0.3) is 0 Å². The van der Waals surface area contributed by atoms with E-state index in [9.17, 15) is 0 Å². The normalized spacial score (nSPS) is 11.7. The summed E-state index contributed by atoms with van der Waals surface area (Å²) < 4.78 is 6.02. The van der Waals surface area contributed by atoms with Gasteiger partial charge in [0.05, 0.1) is 35.1 Å². The molecule has 150 valence electrons. The Kier molecular flexibility index (Phi) is 3.80. The molecule has 0 N–H and O–H groups in total. The third kappa shape index (κ3) is 2.77. The van der Waals surface area contributed by atoms with E-state index in [1.807, 2.05) is 32.4 Å². The highest BCUT2D eigenvalue weighted by molar-refractivity contribution is 6.56. The maximum Gasteiger partial charge on any atom is 0.570 e. The highest BCUT2D eigenvalue weighted by atomic mass is 15.4. The molecule has 0 aliphatic rings. The molecule has 3 heterocycles. The van der Waals surface area contributed by atoms with Gasteiger partial charge in [0, 0.05) is 16.2 Å². The average molecular weight is 404 g/mol. The van der Waals surface area contributed by atoms with Crippen molar-refractivity contribution in [3.05, 3.63) is 89.9 Å². The SMILES string of the molecule is Cc1ccc2c(cnn2B(n2ncc3cc(C)ccc32)n2ncc3cc(C)ccc32)c1. The van der Waals surface area contributed by atoms with Gasteiger partial charge in [0.1, 0.15) is 0 Å². The molecule has 0 saturated carbocycles. The van der Waals surface area contributed by atoms with Crippen molar-refractivity contribution in [3.8, 4) is 0 Å². The summed E-state index contributed by atoms with van der Waals surface area (Å²) in [6.45, 7) is 6.29. The van der Waals surface area contributed by atoms with Crippen LogP contribution in [0.4, 0.5) is 0 Å². The van der Waals surface area contributed by atoms with Crippen LogP contribution in [0.15, 0.2) is 73.2 Å². The smallest absolute Gasteiger partial charge is 0.261 e. The summed E-state index contributed by atoms with van der Waals surface area (Å²) in [5.74, 6) is 0. The molecule has 31 heavy (non-hydrogen) atoms. The fourth-order valence-electron chi connectivity index (χ4n) is 4.38. The minimum atomic E-state index is -0.374. The third-order valence-corrected chi connectivity index (χ3v) is 5.91. The van der Waals surface area contributed by atoms with E-state index in [0.29, 0.717) is 0 Å². The fourth-order valence-corrected chi connectivity index (χ4v) is 4.38. The maximum atomic E-state index is 4.79. The molecule has 7 heteroatoms. The Morgan fingerprint density at radius 3 is 1.16 bits per heavy atom. The van der Waals surface area contributed by atoms with E-state index >= 15 is 0 Å². The molecule has 0 atom stereocenters. The molecule has 6 rings (SSSR count). The second kappa shape index (κ2) is 6.57. The molecular formula is C24H21BN6. The summed E-state index contributed by atoms with van der Waals surface area (Å²) in [6.07, 6.45) is 5.75. The Morgan fingerprint density at radius 1 is 0.516 bits per heavy atom. The summed E-state index contributed by atoms with van der Waals surface area (Å²) in [4.78, 5) is 0. The van der Waals surface area contributed by atoms with Gasteiger partial charge in [-0.1, -0.05) is 34.9 Å². The van der Waals surface area contributed by atoms with E-state index in [4.69, 9.17) is 15.3 Å². The van der Waals surface area contributed by atoms with Crippen LogP contribution in [0.3, 0.4) is 0 Å². The first-order chi connectivity index (χ1) is 15.1. The Labute approximate surface area is 179 Å². The molecule has 6 aromatic rings. The van der Waals surface area contributed by atoms with Gasteiger partial charge in [-0.3, -0.25) is 13.8 Å². The molecule has 6 nitrogen and oxygen atoms in total. The Bertz CT molecular complexity index is 1400. The summed E-state index contributed by atoms with van der Waals surface area (Å²) in [5.41, 5.74) is 6.77. The van der Waals surface area contributed by atoms with Crippen LogP contribution < -0.4 is 0 Å². The van der Waals surface area contributed by atoms with Crippen LogP contribution in [0.2, 0.25) is 0 Å². The summed E-state index contributed by atoms with van der Waals surface area (Å²) in [7, 11) is -0.374. The van der Waals surface area contributed by atoms with Crippen LogP contribution in [0.25, 0.3) is 32.7 Å². The van der Waals surface area contributed by atoms with Crippen molar-refractivity contribution in [3.63, 3.8) is 0 Å². The van der Waals surface area contributed by atoms with Crippen LogP contribution in [-0.4, -0.2) is 36.2 Å². The van der Waals surface area contributed by atoms with Gasteiger partial charge in [-0.25, -0.2) is 0 Å². The molecule has 0 bridgehead atoms. The van der Waals surface area contributed by atoms with Crippen molar-refractivity contribution < 1.29 is 0 Å². The zero-order valence-electron chi connectivity index (χ0n) is 17.7. The Hall–Kier alpha value is -3.87. The molecule has 3 aromatic carbocycles. The topological polar surface area (TPSA) is 53.5 Å². The minimum absolute atomic E-state index is 0.374. The number of hydrogen-bond donors (Lipinski definition) is 0. The number of aryl methyl sites for hydroxylation is 3. The number of benzene rings is 3. The lowest BCUT2D eigenvalue weighted by atomic mass is 9.92. The van der Waals surface area contributed by atoms with Crippen molar-refractivity contribution >= 4 is 39.8 Å². The van der Waals surface area contributed by atoms with Gasteiger partial charge in [-0.15, -0.1) is 0 Å². The lowest BCUT2D eigenvalue weighted by molar-refractivity contribution is 0.805. The Balaban J connectivity index is 1.67. The van der Waals surface area contributed by atoms with E-state index < -0.39 is 0 Å². The Morgan fingerprint density at radius 2 is 0.839 bits per heavy atom. The van der Waals surface area contributed by atoms with Crippen LogP contribution in [-0.2, 0) is 0 Å². The lowest BCUT2D eigenvalue weighted by Gasteiger charge is -2.17. The average Bonchev–Trinajstić information content (AvgIpc) is 3.46. The monoisotopic (exact) mass is 404 g/mol. The standard InChI is InChI=1S/C24H21BN6/c1-16-4-7-22-19(10-16)13-26-29(22)25(30-23-8-5-17(2)11-20(23)14-27-30)31-24-9-6-18(3)12-21(24)15-28-31/h4-15H,1-3H3. The molecule has 3 aromatic heterocycles. The van der Waals surface area contributed by atoms with Crippen molar-refractivity contribution in [1.82, 2.24) is 29.1 Å². The van der Waals surface area contributed by atoms with Gasteiger partial charge in [0.15, 0.2) is 0 Å². The molecule has 0 radical (unpaired) electrons. The first-order valence-corrected chi connectivity index (χ1v) is 10.4. The van der Waals surface area contributed by atoms with E-state index in [0.717, 1.165) is 32.7 Å². The van der Waals surface area contributed by atoms with Crippen LogP contribution >= 0.6 is 0 Å². The van der Waals surface area contributed by atoms with Gasteiger partial charge < -0.3 is 0 Å². The van der Waals surface area contributed by atoms with Crippen LogP contribution in [0.1, 0.15) is 16.7 Å². The van der Waals surface area contributed by atoms with E-state index in [2.05, 4.69) is 75.4 Å². The van der Waals surface area contributed by atoms with Crippen molar-refractivity contribution in [1.29, 1.82) is 0 Å². The van der Waals surface area contributed by atoms with Crippen LogP contribution in [0.5, 0.6) is 0 Å². The van der Waals surface area contributed by atoms with Gasteiger partial charge in [-0.2, -0.15) is 15.3 Å². The molecule has 0 fully saturated rings. The second-order valence-corrected chi connectivity index (χ2v) is 8.30.